The van der Waals surface area contributed by atoms with Crippen molar-refractivity contribution in [3.8, 4) is 0 Å². The summed E-state index contributed by atoms with van der Waals surface area (Å²) >= 11 is 0. The van der Waals surface area contributed by atoms with E-state index in [9.17, 15) is 4.79 Å². The number of methoxy groups -OCH3 is 1. The zero-order valence-corrected chi connectivity index (χ0v) is 10.9. The molecule has 0 saturated carbocycles. The summed E-state index contributed by atoms with van der Waals surface area (Å²) in [5, 5.41) is 0. The van der Waals surface area contributed by atoms with Gasteiger partial charge in [0, 0.05) is 7.11 Å². The Kier molecular flexibility index (Phi) is 8.02. The standard InChI is InChI=1S/C10H21NO3.ClH/c1-7(6-13-5)14-9(12)8(11)10(2,3)4;/h7-8H,6,11H2,1-5H3;1H. The van der Waals surface area contributed by atoms with Gasteiger partial charge in [-0.25, -0.2) is 0 Å². The number of carbonyl (C=O) groups excluding carboxylic acids is 1. The topological polar surface area (TPSA) is 61.5 Å². The van der Waals surface area contributed by atoms with E-state index in [1.807, 2.05) is 20.8 Å². The maximum Gasteiger partial charge on any atom is 0.323 e. The molecule has 0 aliphatic rings. The Morgan fingerprint density at radius 1 is 1.40 bits per heavy atom. The number of carbonyl (C=O) groups is 1. The summed E-state index contributed by atoms with van der Waals surface area (Å²) in [7, 11) is 1.56. The van der Waals surface area contributed by atoms with Crippen LogP contribution in [0.4, 0.5) is 0 Å². The smallest absolute Gasteiger partial charge is 0.323 e. The number of halogens is 1. The van der Waals surface area contributed by atoms with Gasteiger partial charge in [-0.3, -0.25) is 4.79 Å². The van der Waals surface area contributed by atoms with Crippen LogP contribution < -0.4 is 5.73 Å². The summed E-state index contributed by atoms with van der Waals surface area (Å²) < 4.78 is 9.94. The SMILES string of the molecule is COCC(C)OC(=O)C(N)C(C)(C)C.Cl. The lowest BCUT2D eigenvalue weighted by Gasteiger charge is -2.26. The van der Waals surface area contributed by atoms with Crippen LogP contribution in [0.25, 0.3) is 0 Å². The van der Waals surface area contributed by atoms with Gasteiger partial charge in [0.1, 0.15) is 12.1 Å². The fourth-order valence-electron chi connectivity index (χ4n) is 0.894. The molecule has 0 spiro atoms. The predicted molar refractivity (Wildman–Crippen MR) is 62.1 cm³/mol. The maximum absolute atomic E-state index is 11.5. The lowest BCUT2D eigenvalue weighted by molar-refractivity contribution is -0.154. The number of rotatable bonds is 4. The molecule has 0 aliphatic carbocycles. The van der Waals surface area contributed by atoms with Crippen molar-refractivity contribution in [2.75, 3.05) is 13.7 Å². The number of ether oxygens (including phenoxy) is 2. The summed E-state index contributed by atoms with van der Waals surface area (Å²) in [4.78, 5) is 11.5. The van der Waals surface area contributed by atoms with Crippen LogP contribution >= 0.6 is 12.4 Å². The van der Waals surface area contributed by atoms with Crippen LogP contribution in [0.3, 0.4) is 0 Å². The van der Waals surface area contributed by atoms with E-state index in [1.165, 1.54) is 0 Å². The first-order valence-corrected chi connectivity index (χ1v) is 4.74. The molecule has 0 amide bonds. The molecule has 0 saturated heterocycles. The zero-order chi connectivity index (χ0) is 11.4. The summed E-state index contributed by atoms with van der Waals surface area (Å²) in [5.41, 5.74) is 5.45. The second kappa shape index (κ2) is 7.04. The number of nitrogens with two attached hydrogens (primary N) is 1. The van der Waals surface area contributed by atoms with Crippen LogP contribution in [0.2, 0.25) is 0 Å². The summed E-state index contributed by atoms with van der Waals surface area (Å²) in [6, 6.07) is -0.596. The molecule has 0 aromatic carbocycles. The van der Waals surface area contributed by atoms with E-state index in [2.05, 4.69) is 0 Å². The van der Waals surface area contributed by atoms with E-state index in [0.717, 1.165) is 0 Å². The van der Waals surface area contributed by atoms with Crippen LogP contribution in [0.5, 0.6) is 0 Å². The Morgan fingerprint density at radius 2 is 1.87 bits per heavy atom. The molecule has 15 heavy (non-hydrogen) atoms. The molecule has 0 rings (SSSR count). The van der Waals surface area contributed by atoms with Crippen molar-refractivity contribution in [2.24, 2.45) is 11.1 Å². The van der Waals surface area contributed by atoms with Gasteiger partial charge in [0.25, 0.3) is 0 Å². The lowest BCUT2D eigenvalue weighted by atomic mass is 9.87. The van der Waals surface area contributed by atoms with Crippen molar-refractivity contribution in [3.05, 3.63) is 0 Å². The molecule has 2 atom stereocenters. The molecule has 0 radical (unpaired) electrons. The Balaban J connectivity index is 0. The fourth-order valence-corrected chi connectivity index (χ4v) is 0.894. The van der Waals surface area contributed by atoms with Gasteiger partial charge >= 0.3 is 5.97 Å². The minimum Gasteiger partial charge on any atom is -0.459 e. The van der Waals surface area contributed by atoms with Crippen LogP contribution in [-0.2, 0) is 14.3 Å². The Labute approximate surface area is 97.9 Å². The largest absolute Gasteiger partial charge is 0.459 e. The molecule has 0 heterocycles. The first-order chi connectivity index (χ1) is 6.29. The Bertz CT molecular complexity index is 192. The molecule has 0 aromatic rings. The fraction of sp³-hybridized carbons (Fsp3) is 0.900. The molecular weight excluding hydrogens is 218 g/mol. The second-order valence-electron chi connectivity index (χ2n) is 4.55. The average Bonchev–Trinajstić information content (AvgIpc) is 2.01. The molecule has 4 nitrogen and oxygen atoms in total. The molecule has 5 heteroatoms. The molecule has 92 valence electrons. The van der Waals surface area contributed by atoms with Gasteiger partial charge in [-0.15, -0.1) is 12.4 Å². The third-order valence-corrected chi connectivity index (χ3v) is 1.91. The molecule has 0 bridgehead atoms. The van der Waals surface area contributed by atoms with Crippen LogP contribution in [-0.4, -0.2) is 31.8 Å². The first-order valence-electron chi connectivity index (χ1n) is 4.74. The van der Waals surface area contributed by atoms with E-state index in [4.69, 9.17) is 15.2 Å². The highest BCUT2D eigenvalue weighted by Gasteiger charge is 2.29. The highest BCUT2D eigenvalue weighted by Crippen LogP contribution is 2.18. The zero-order valence-electron chi connectivity index (χ0n) is 10.1. The van der Waals surface area contributed by atoms with Gasteiger partial charge in [0.05, 0.1) is 6.61 Å². The molecule has 2 unspecified atom stereocenters. The van der Waals surface area contributed by atoms with Gasteiger partial charge in [-0.1, -0.05) is 20.8 Å². The summed E-state index contributed by atoms with van der Waals surface area (Å²) in [5.74, 6) is -0.373. The maximum atomic E-state index is 11.5. The summed E-state index contributed by atoms with van der Waals surface area (Å²) in [6.07, 6.45) is -0.249. The predicted octanol–water partition coefficient (Wildman–Crippen LogP) is 1.36. The van der Waals surface area contributed by atoms with Crippen LogP contribution in [0.1, 0.15) is 27.7 Å². The van der Waals surface area contributed by atoms with Gasteiger partial charge in [0.2, 0.25) is 0 Å². The third-order valence-electron chi connectivity index (χ3n) is 1.91. The van der Waals surface area contributed by atoms with Crippen LogP contribution in [0, 0.1) is 5.41 Å². The first kappa shape index (κ1) is 17.1. The van der Waals surface area contributed by atoms with Crippen molar-refractivity contribution >= 4 is 18.4 Å². The van der Waals surface area contributed by atoms with Gasteiger partial charge in [-0.2, -0.15) is 0 Å². The quantitative estimate of drug-likeness (QED) is 0.753. The van der Waals surface area contributed by atoms with Gasteiger partial charge in [0.15, 0.2) is 0 Å². The van der Waals surface area contributed by atoms with Crippen molar-refractivity contribution in [1.82, 2.24) is 0 Å². The van der Waals surface area contributed by atoms with Crippen LogP contribution in [0.15, 0.2) is 0 Å². The van der Waals surface area contributed by atoms with Gasteiger partial charge in [-0.05, 0) is 12.3 Å². The molecular formula is C10H22ClNO3. The monoisotopic (exact) mass is 239 g/mol. The highest BCUT2D eigenvalue weighted by atomic mass is 35.5. The van der Waals surface area contributed by atoms with Crippen molar-refractivity contribution in [2.45, 2.75) is 39.8 Å². The molecule has 2 N–H and O–H groups in total. The highest BCUT2D eigenvalue weighted by molar-refractivity contribution is 5.85. The van der Waals surface area contributed by atoms with E-state index >= 15 is 0 Å². The molecule has 0 aromatic heterocycles. The van der Waals surface area contributed by atoms with E-state index < -0.39 is 6.04 Å². The lowest BCUT2D eigenvalue weighted by Crippen LogP contribution is -2.44. The van der Waals surface area contributed by atoms with Gasteiger partial charge < -0.3 is 15.2 Å². The Hall–Kier alpha value is -0.320. The van der Waals surface area contributed by atoms with Crippen molar-refractivity contribution in [3.63, 3.8) is 0 Å². The number of hydrogen-bond donors (Lipinski definition) is 1. The second-order valence-corrected chi connectivity index (χ2v) is 4.55. The minimum absolute atomic E-state index is 0. The number of hydrogen-bond acceptors (Lipinski definition) is 4. The van der Waals surface area contributed by atoms with E-state index in [0.29, 0.717) is 6.61 Å². The van der Waals surface area contributed by atoms with E-state index in [-0.39, 0.29) is 29.9 Å². The number of esters is 1. The third kappa shape index (κ3) is 6.71. The van der Waals surface area contributed by atoms with E-state index in [1.54, 1.807) is 14.0 Å². The van der Waals surface area contributed by atoms with Crippen molar-refractivity contribution in [1.29, 1.82) is 0 Å². The minimum atomic E-state index is -0.596. The molecule has 0 aliphatic heterocycles. The normalized spacial score (nSPS) is 15.1. The summed E-state index contributed by atoms with van der Waals surface area (Å²) in [6.45, 7) is 7.87. The average molecular weight is 240 g/mol. The Morgan fingerprint density at radius 3 is 2.20 bits per heavy atom. The molecule has 0 fully saturated rings. The van der Waals surface area contributed by atoms with Crippen molar-refractivity contribution < 1.29 is 14.3 Å².